The van der Waals surface area contributed by atoms with Gasteiger partial charge >= 0.3 is 0 Å². The van der Waals surface area contributed by atoms with E-state index in [0.29, 0.717) is 5.56 Å². The number of rotatable bonds is 4. The molecule has 0 spiro atoms. The van der Waals surface area contributed by atoms with E-state index >= 15 is 0 Å². The van der Waals surface area contributed by atoms with Crippen LogP contribution in [0.4, 0.5) is 0 Å². The third-order valence-electron chi connectivity index (χ3n) is 4.80. The van der Waals surface area contributed by atoms with Crippen LogP contribution in [0.15, 0.2) is 54.7 Å². The van der Waals surface area contributed by atoms with Crippen LogP contribution >= 0.6 is 0 Å². The molecule has 4 rings (SSSR count). The molecule has 1 aliphatic heterocycles. The lowest BCUT2D eigenvalue weighted by Gasteiger charge is -2.34. The summed E-state index contributed by atoms with van der Waals surface area (Å²) in [7, 11) is 1.62. The third kappa shape index (κ3) is 3.41. The van der Waals surface area contributed by atoms with Gasteiger partial charge in [-0.3, -0.25) is 9.69 Å². The van der Waals surface area contributed by atoms with Gasteiger partial charge in [-0.15, -0.1) is 0 Å². The minimum absolute atomic E-state index is 0.0834. The molecular formula is C20H22N4O2. The second kappa shape index (κ2) is 7.17. The van der Waals surface area contributed by atoms with Gasteiger partial charge in [0, 0.05) is 44.5 Å². The van der Waals surface area contributed by atoms with Crippen molar-refractivity contribution in [1.29, 1.82) is 0 Å². The van der Waals surface area contributed by atoms with Gasteiger partial charge in [0.05, 0.1) is 18.3 Å². The normalized spacial score (nSPS) is 15.3. The Hall–Kier alpha value is -2.86. The van der Waals surface area contributed by atoms with Crippen molar-refractivity contribution < 1.29 is 9.53 Å². The fourth-order valence-electron chi connectivity index (χ4n) is 3.32. The first-order valence-electron chi connectivity index (χ1n) is 8.82. The van der Waals surface area contributed by atoms with Gasteiger partial charge in [0.2, 0.25) is 0 Å². The van der Waals surface area contributed by atoms with E-state index in [1.165, 1.54) is 0 Å². The fraction of sp³-hybridized carbons (Fsp3) is 0.300. The smallest absolute Gasteiger partial charge is 0.253 e. The van der Waals surface area contributed by atoms with Crippen LogP contribution in [0.2, 0.25) is 0 Å². The number of pyridine rings is 1. The lowest BCUT2D eigenvalue weighted by molar-refractivity contribution is 0.0627. The van der Waals surface area contributed by atoms with Crippen LogP contribution < -0.4 is 4.74 Å². The van der Waals surface area contributed by atoms with Crippen LogP contribution in [-0.2, 0) is 6.54 Å². The van der Waals surface area contributed by atoms with Crippen LogP contribution in [0.25, 0.3) is 5.52 Å². The van der Waals surface area contributed by atoms with E-state index in [0.717, 1.165) is 49.7 Å². The van der Waals surface area contributed by atoms with Crippen molar-refractivity contribution in [1.82, 2.24) is 19.4 Å². The number of benzene rings is 1. The zero-order valence-electron chi connectivity index (χ0n) is 14.8. The Balaban J connectivity index is 1.35. The van der Waals surface area contributed by atoms with Gasteiger partial charge in [0.1, 0.15) is 5.75 Å². The van der Waals surface area contributed by atoms with E-state index in [1.54, 1.807) is 7.11 Å². The van der Waals surface area contributed by atoms with Crippen molar-refractivity contribution in [2.24, 2.45) is 0 Å². The summed E-state index contributed by atoms with van der Waals surface area (Å²) >= 11 is 0. The molecule has 0 radical (unpaired) electrons. The van der Waals surface area contributed by atoms with E-state index in [-0.39, 0.29) is 5.91 Å². The second-order valence-corrected chi connectivity index (χ2v) is 6.50. The first-order chi connectivity index (χ1) is 12.7. The van der Waals surface area contributed by atoms with Gasteiger partial charge in [-0.25, -0.2) is 4.52 Å². The predicted octanol–water partition coefficient (Wildman–Crippen LogP) is 2.30. The van der Waals surface area contributed by atoms with Crippen LogP contribution in [0.5, 0.6) is 5.75 Å². The summed E-state index contributed by atoms with van der Waals surface area (Å²) in [6.07, 6.45) is 1.96. The Morgan fingerprint density at radius 1 is 1.08 bits per heavy atom. The average Bonchev–Trinajstić information content (AvgIpc) is 3.10. The molecule has 1 aromatic carbocycles. The molecule has 0 aliphatic carbocycles. The molecule has 0 bridgehead atoms. The van der Waals surface area contributed by atoms with Crippen LogP contribution in [0, 0.1) is 0 Å². The van der Waals surface area contributed by atoms with E-state index in [2.05, 4.69) is 22.1 Å². The maximum atomic E-state index is 12.6. The van der Waals surface area contributed by atoms with Gasteiger partial charge in [-0.1, -0.05) is 6.07 Å². The zero-order chi connectivity index (χ0) is 17.9. The summed E-state index contributed by atoms with van der Waals surface area (Å²) in [5, 5.41) is 4.61. The number of methoxy groups -OCH3 is 1. The lowest BCUT2D eigenvalue weighted by Crippen LogP contribution is -2.48. The Labute approximate surface area is 152 Å². The number of carbonyl (C=O) groups is 1. The van der Waals surface area contributed by atoms with Crippen LogP contribution in [-0.4, -0.2) is 58.6 Å². The number of fused-ring (bicyclic) bond motifs is 1. The molecule has 3 heterocycles. The van der Waals surface area contributed by atoms with E-state index in [4.69, 9.17) is 4.74 Å². The van der Waals surface area contributed by atoms with Crippen molar-refractivity contribution in [3.63, 3.8) is 0 Å². The highest BCUT2D eigenvalue weighted by atomic mass is 16.5. The molecule has 0 atom stereocenters. The molecule has 1 aliphatic rings. The lowest BCUT2D eigenvalue weighted by atomic mass is 10.1. The Bertz CT molecular complexity index is 863. The Morgan fingerprint density at radius 2 is 1.85 bits per heavy atom. The van der Waals surface area contributed by atoms with E-state index in [9.17, 15) is 4.79 Å². The maximum Gasteiger partial charge on any atom is 0.253 e. The number of nitrogens with zero attached hydrogens (tertiary/aromatic N) is 4. The number of ether oxygens (including phenoxy) is 1. The van der Waals surface area contributed by atoms with Crippen molar-refractivity contribution in [3.8, 4) is 5.75 Å². The van der Waals surface area contributed by atoms with E-state index in [1.807, 2.05) is 52.0 Å². The van der Waals surface area contributed by atoms with Crippen molar-refractivity contribution in [2.75, 3.05) is 33.3 Å². The molecule has 0 unspecified atom stereocenters. The minimum Gasteiger partial charge on any atom is -0.497 e. The average molecular weight is 350 g/mol. The minimum atomic E-state index is 0.0834. The van der Waals surface area contributed by atoms with Gasteiger partial charge in [0.15, 0.2) is 0 Å². The molecule has 6 nitrogen and oxygen atoms in total. The first kappa shape index (κ1) is 16.6. The number of hydrogen-bond donors (Lipinski definition) is 0. The molecule has 26 heavy (non-hydrogen) atoms. The Kier molecular flexibility index (Phi) is 4.58. The zero-order valence-corrected chi connectivity index (χ0v) is 14.8. The number of hydrogen-bond acceptors (Lipinski definition) is 4. The standard InChI is InChI=1S/C20H22N4O2/c1-26-19-7-5-16(6-8-19)20(25)23-12-10-22(11-13-23)15-17-14-18-4-2-3-9-24(18)21-17/h2-9,14H,10-13,15H2,1H3. The maximum absolute atomic E-state index is 12.6. The summed E-state index contributed by atoms with van der Waals surface area (Å²) in [5.41, 5.74) is 2.88. The molecule has 0 saturated carbocycles. The van der Waals surface area contributed by atoms with Gasteiger partial charge in [-0.05, 0) is 42.5 Å². The largest absolute Gasteiger partial charge is 0.497 e. The topological polar surface area (TPSA) is 50.1 Å². The summed E-state index contributed by atoms with van der Waals surface area (Å²) in [6, 6.07) is 15.5. The summed E-state index contributed by atoms with van der Waals surface area (Å²) in [4.78, 5) is 16.9. The van der Waals surface area contributed by atoms with E-state index < -0.39 is 0 Å². The summed E-state index contributed by atoms with van der Waals surface area (Å²) in [5.74, 6) is 0.846. The van der Waals surface area contributed by atoms with Gasteiger partial charge < -0.3 is 9.64 Å². The molecule has 1 saturated heterocycles. The molecule has 3 aromatic rings. The highest BCUT2D eigenvalue weighted by Crippen LogP contribution is 2.15. The van der Waals surface area contributed by atoms with Crippen molar-refractivity contribution in [3.05, 3.63) is 66.0 Å². The number of carbonyl (C=O) groups excluding carboxylic acids is 1. The fourth-order valence-corrected chi connectivity index (χ4v) is 3.32. The van der Waals surface area contributed by atoms with Crippen molar-refractivity contribution >= 4 is 11.4 Å². The first-order valence-corrected chi connectivity index (χ1v) is 8.82. The molecule has 6 heteroatoms. The second-order valence-electron chi connectivity index (χ2n) is 6.50. The van der Waals surface area contributed by atoms with Crippen LogP contribution in [0.3, 0.4) is 0 Å². The predicted molar refractivity (Wildman–Crippen MR) is 99.4 cm³/mol. The SMILES string of the molecule is COc1ccc(C(=O)N2CCN(Cc3cc4ccccn4n3)CC2)cc1. The quantitative estimate of drug-likeness (QED) is 0.724. The van der Waals surface area contributed by atoms with Gasteiger partial charge in [0.25, 0.3) is 5.91 Å². The molecule has 134 valence electrons. The molecule has 0 N–H and O–H groups in total. The molecule has 1 fully saturated rings. The highest BCUT2D eigenvalue weighted by molar-refractivity contribution is 5.94. The molecule has 1 amide bonds. The number of aromatic nitrogens is 2. The number of amides is 1. The van der Waals surface area contributed by atoms with Gasteiger partial charge in [-0.2, -0.15) is 5.10 Å². The highest BCUT2D eigenvalue weighted by Gasteiger charge is 2.22. The van der Waals surface area contributed by atoms with Crippen LogP contribution in [0.1, 0.15) is 16.1 Å². The van der Waals surface area contributed by atoms with Crippen molar-refractivity contribution in [2.45, 2.75) is 6.54 Å². The summed E-state index contributed by atoms with van der Waals surface area (Å²) in [6.45, 7) is 3.99. The number of piperazine rings is 1. The third-order valence-corrected chi connectivity index (χ3v) is 4.80. The molecular weight excluding hydrogens is 328 g/mol. The molecule has 2 aromatic heterocycles. The summed E-state index contributed by atoms with van der Waals surface area (Å²) < 4.78 is 7.05. The monoisotopic (exact) mass is 350 g/mol. The Morgan fingerprint density at radius 3 is 2.54 bits per heavy atom.